The van der Waals surface area contributed by atoms with Crippen LogP contribution in [0.2, 0.25) is 0 Å². The van der Waals surface area contributed by atoms with Gasteiger partial charge in [0.25, 0.3) is 5.56 Å². The van der Waals surface area contributed by atoms with Crippen LogP contribution in [0.1, 0.15) is 27.7 Å². The van der Waals surface area contributed by atoms with Crippen molar-refractivity contribution in [3.8, 4) is 0 Å². The second-order valence-corrected chi connectivity index (χ2v) is 6.71. The van der Waals surface area contributed by atoms with Crippen molar-refractivity contribution in [2.24, 2.45) is 0 Å². The van der Waals surface area contributed by atoms with E-state index in [-0.39, 0.29) is 11.4 Å². The van der Waals surface area contributed by atoms with Crippen molar-refractivity contribution in [1.29, 1.82) is 0 Å². The Hall–Kier alpha value is -2.21. The molecule has 0 saturated heterocycles. The van der Waals surface area contributed by atoms with Gasteiger partial charge in [0.2, 0.25) is 0 Å². The summed E-state index contributed by atoms with van der Waals surface area (Å²) in [5.74, 6) is -0.334. The summed E-state index contributed by atoms with van der Waals surface area (Å²) in [4.78, 5) is 22.5. The Labute approximate surface area is 140 Å². The Morgan fingerprint density at radius 2 is 1.96 bits per heavy atom. The normalized spacial score (nSPS) is 12.3. The van der Waals surface area contributed by atoms with Crippen LogP contribution in [0.25, 0.3) is 21.9 Å². The number of aromatic nitrogens is 3. The number of H-pyrrole nitrogens is 1. The summed E-state index contributed by atoms with van der Waals surface area (Å²) in [5.41, 5.74) is 1.55. The lowest BCUT2D eigenvalue weighted by Crippen LogP contribution is -2.40. The summed E-state index contributed by atoms with van der Waals surface area (Å²) in [6.07, 6.45) is 1.56. The van der Waals surface area contributed by atoms with E-state index in [9.17, 15) is 9.18 Å². The highest BCUT2D eigenvalue weighted by Crippen LogP contribution is 2.22. The van der Waals surface area contributed by atoms with Gasteiger partial charge < -0.3 is 4.98 Å². The molecular formula is C18H23FN4O. The molecule has 0 amide bonds. The predicted octanol–water partition coefficient (Wildman–Crippen LogP) is 3.14. The Morgan fingerprint density at radius 3 is 2.62 bits per heavy atom. The van der Waals surface area contributed by atoms with Gasteiger partial charge in [-0.15, -0.1) is 0 Å². The molecule has 0 atom stereocenters. The van der Waals surface area contributed by atoms with Gasteiger partial charge in [0.05, 0.1) is 6.33 Å². The molecule has 0 radical (unpaired) electrons. The monoisotopic (exact) mass is 330 g/mol. The lowest BCUT2D eigenvalue weighted by atomic mass is 10.2. The van der Waals surface area contributed by atoms with Gasteiger partial charge in [-0.05, 0) is 45.9 Å². The smallest absolute Gasteiger partial charge is 0.277 e. The van der Waals surface area contributed by atoms with E-state index in [1.165, 1.54) is 12.1 Å². The lowest BCUT2D eigenvalue weighted by Gasteiger charge is -2.30. The second kappa shape index (κ2) is 6.36. The van der Waals surface area contributed by atoms with Crippen molar-refractivity contribution < 1.29 is 4.39 Å². The second-order valence-electron chi connectivity index (χ2n) is 6.71. The van der Waals surface area contributed by atoms with Crippen LogP contribution >= 0.6 is 0 Å². The Kier molecular flexibility index (Phi) is 4.41. The van der Waals surface area contributed by atoms with Gasteiger partial charge in [-0.3, -0.25) is 14.3 Å². The van der Waals surface area contributed by atoms with Gasteiger partial charge in [-0.1, -0.05) is 0 Å². The fourth-order valence-electron chi connectivity index (χ4n) is 3.26. The molecule has 0 saturated carbocycles. The van der Waals surface area contributed by atoms with Crippen molar-refractivity contribution in [3.63, 3.8) is 0 Å². The fraction of sp³-hybridized carbons (Fsp3) is 0.444. The first-order chi connectivity index (χ1) is 11.4. The van der Waals surface area contributed by atoms with Crippen LogP contribution < -0.4 is 5.56 Å². The Morgan fingerprint density at radius 1 is 1.25 bits per heavy atom. The molecule has 3 rings (SSSR count). The predicted molar refractivity (Wildman–Crippen MR) is 94.8 cm³/mol. The molecule has 3 aromatic rings. The van der Waals surface area contributed by atoms with Crippen LogP contribution in [0, 0.1) is 5.82 Å². The van der Waals surface area contributed by atoms with E-state index in [0.717, 1.165) is 12.1 Å². The number of aromatic amines is 1. The van der Waals surface area contributed by atoms with Gasteiger partial charge in [-0.2, -0.15) is 0 Å². The number of rotatable bonds is 5. The number of nitrogens with one attached hydrogen (secondary N) is 1. The van der Waals surface area contributed by atoms with E-state index >= 15 is 0 Å². The minimum absolute atomic E-state index is 0.121. The van der Waals surface area contributed by atoms with Gasteiger partial charge >= 0.3 is 0 Å². The summed E-state index contributed by atoms with van der Waals surface area (Å²) in [5, 5.41) is 0.639. The molecule has 0 bridgehead atoms. The first-order valence-electron chi connectivity index (χ1n) is 8.30. The summed E-state index contributed by atoms with van der Waals surface area (Å²) in [6, 6.07) is 5.24. The Bertz CT molecular complexity index is 918. The highest BCUT2D eigenvalue weighted by atomic mass is 19.1. The molecule has 0 fully saturated rings. The topological polar surface area (TPSA) is 53.9 Å². The Balaban J connectivity index is 1.97. The highest BCUT2D eigenvalue weighted by Gasteiger charge is 2.15. The molecule has 2 aromatic heterocycles. The minimum atomic E-state index is -0.334. The van der Waals surface area contributed by atoms with Crippen LogP contribution in [0.3, 0.4) is 0 Å². The third kappa shape index (κ3) is 2.94. The van der Waals surface area contributed by atoms with Crippen LogP contribution in [0.5, 0.6) is 0 Å². The first-order valence-corrected chi connectivity index (χ1v) is 8.30. The summed E-state index contributed by atoms with van der Waals surface area (Å²) < 4.78 is 15.1. The maximum absolute atomic E-state index is 13.5. The van der Waals surface area contributed by atoms with Gasteiger partial charge in [-0.25, -0.2) is 9.37 Å². The third-order valence-corrected chi connectivity index (χ3v) is 4.46. The molecule has 0 aliphatic rings. The molecule has 6 heteroatoms. The van der Waals surface area contributed by atoms with Gasteiger partial charge in [0.1, 0.15) is 16.9 Å². The number of nitrogens with zero attached hydrogens (tertiary/aromatic N) is 3. The maximum Gasteiger partial charge on any atom is 0.277 e. The number of halogens is 1. The minimum Gasteiger partial charge on any atom is -0.349 e. The van der Waals surface area contributed by atoms with E-state index in [1.807, 2.05) is 0 Å². The first kappa shape index (κ1) is 16.6. The van der Waals surface area contributed by atoms with Crippen LogP contribution in [0.4, 0.5) is 4.39 Å². The van der Waals surface area contributed by atoms with Crippen molar-refractivity contribution >= 4 is 21.9 Å². The van der Waals surface area contributed by atoms with Crippen molar-refractivity contribution in [2.45, 2.75) is 46.3 Å². The lowest BCUT2D eigenvalue weighted by molar-refractivity contribution is 0.167. The van der Waals surface area contributed by atoms with E-state index in [0.29, 0.717) is 35.0 Å². The van der Waals surface area contributed by atoms with E-state index in [2.05, 4.69) is 42.6 Å². The largest absolute Gasteiger partial charge is 0.349 e. The third-order valence-electron chi connectivity index (χ3n) is 4.46. The maximum atomic E-state index is 13.5. The molecule has 1 aromatic carbocycles. The molecule has 1 N–H and O–H groups in total. The summed E-state index contributed by atoms with van der Waals surface area (Å²) in [6.45, 7) is 9.94. The summed E-state index contributed by atoms with van der Waals surface area (Å²) in [7, 11) is 0. The molecule has 24 heavy (non-hydrogen) atoms. The van der Waals surface area contributed by atoms with Gasteiger partial charge in [0.15, 0.2) is 0 Å². The van der Waals surface area contributed by atoms with Crippen molar-refractivity contribution in [3.05, 3.63) is 40.7 Å². The zero-order chi connectivity index (χ0) is 17.4. The van der Waals surface area contributed by atoms with Crippen molar-refractivity contribution in [2.75, 3.05) is 6.54 Å². The summed E-state index contributed by atoms with van der Waals surface area (Å²) >= 11 is 0. The standard InChI is InChI=1S/C18H23FN4O/c1-11(2)23(12(3)4)8-7-22-10-20-16-14-9-13(19)5-6-15(14)21-17(16)18(22)24/h5-6,9-12,21H,7-8H2,1-4H3. The van der Waals surface area contributed by atoms with Crippen LogP contribution in [-0.4, -0.2) is 38.1 Å². The van der Waals surface area contributed by atoms with Crippen molar-refractivity contribution in [1.82, 2.24) is 19.4 Å². The molecule has 128 valence electrons. The zero-order valence-electron chi connectivity index (χ0n) is 14.5. The molecule has 5 nitrogen and oxygen atoms in total. The molecule has 0 spiro atoms. The van der Waals surface area contributed by atoms with Crippen LogP contribution in [0.15, 0.2) is 29.3 Å². The van der Waals surface area contributed by atoms with E-state index in [1.54, 1.807) is 17.0 Å². The SMILES string of the molecule is CC(C)N(CCn1cnc2c([nH]c3ccc(F)cc32)c1=O)C(C)C. The molecule has 0 aliphatic heterocycles. The average Bonchev–Trinajstić information content (AvgIpc) is 2.87. The number of hydrogen-bond acceptors (Lipinski definition) is 3. The van der Waals surface area contributed by atoms with E-state index < -0.39 is 0 Å². The fourth-order valence-corrected chi connectivity index (χ4v) is 3.26. The van der Waals surface area contributed by atoms with E-state index in [4.69, 9.17) is 0 Å². The van der Waals surface area contributed by atoms with Crippen LogP contribution in [-0.2, 0) is 6.54 Å². The van der Waals surface area contributed by atoms with Gasteiger partial charge in [0, 0.05) is 36.1 Å². The number of fused-ring (bicyclic) bond motifs is 3. The molecule has 2 heterocycles. The average molecular weight is 330 g/mol. The highest BCUT2D eigenvalue weighted by molar-refractivity contribution is 6.04. The molecule has 0 unspecified atom stereocenters. The molecule has 0 aliphatic carbocycles. The molecular weight excluding hydrogens is 307 g/mol. The quantitative estimate of drug-likeness (QED) is 0.782. The zero-order valence-corrected chi connectivity index (χ0v) is 14.5. The number of hydrogen-bond donors (Lipinski definition) is 1. The number of benzene rings is 1.